The van der Waals surface area contributed by atoms with Crippen molar-refractivity contribution in [3.63, 3.8) is 0 Å². The molecule has 1 aromatic heterocycles. The lowest BCUT2D eigenvalue weighted by molar-refractivity contribution is -0.229. The van der Waals surface area contributed by atoms with Crippen molar-refractivity contribution in [3.8, 4) is 5.75 Å². The topological polar surface area (TPSA) is 112 Å². The maximum Gasteiger partial charge on any atom is 0.493 e. The van der Waals surface area contributed by atoms with Crippen LogP contribution in [0.5, 0.6) is 5.75 Å². The summed E-state index contributed by atoms with van der Waals surface area (Å²) < 4.78 is 44.1. The highest BCUT2D eigenvalue weighted by atomic mass is 19.4. The van der Waals surface area contributed by atoms with Gasteiger partial charge in [0.1, 0.15) is 18.2 Å². The fourth-order valence-corrected chi connectivity index (χ4v) is 3.51. The Balaban J connectivity index is 1.48. The first-order valence-corrected chi connectivity index (χ1v) is 11.2. The lowest BCUT2D eigenvalue weighted by atomic mass is 10.0. The average molecular weight is 523 g/mol. The van der Waals surface area contributed by atoms with E-state index < -0.39 is 24.6 Å². The van der Waals surface area contributed by atoms with Gasteiger partial charge in [-0.05, 0) is 35.7 Å². The van der Waals surface area contributed by atoms with Gasteiger partial charge in [0.15, 0.2) is 5.78 Å². The van der Waals surface area contributed by atoms with E-state index in [-0.39, 0.29) is 34.4 Å². The molecule has 8 nitrogen and oxygen atoms in total. The molecular formula is C27H20F3N3O5. The minimum atomic E-state index is -5.33. The second-order valence-electron chi connectivity index (χ2n) is 7.98. The highest BCUT2D eigenvalue weighted by Gasteiger charge is 2.43. The number of carbonyl (C=O) groups is 3. The van der Waals surface area contributed by atoms with Crippen LogP contribution >= 0.6 is 0 Å². The number of pyridine rings is 1. The summed E-state index contributed by atoms with van der Waals surface area (Å²) in [4.78, 5) is 45.3. The fraction of sp³-hybridized carbons (Fsp3) is 0.111. The van der Waals surface area contributed by atoms with Crippen LogP contribution in [0.2, 0.25) is 0 Å². The quantitative estimate of drug-likeness (QED) is 0.279. The molecule has 11 heteroatoms. The summed E-state index contributed by atoms with van der Waals surface area (Å²) in [6.07, 6.45) is -3.78. The normalized spacial score (nSPS) is 11.1. The van der Waals surface area contributed by atoms with Gasteiger partial charge in [-0.25, -0.2) is 9.78 Å². The maximum absolute atomic E-state index is 12.9. The van der Waals surface area contributed by atoms with Gasteiger partial charge in [0.05, 0.1) is 6.54 Å². The number of benzene rings is 3. The van der Waals surface area contributed by atoms with E-state index in [0.29, 0.717) is 16.7 Å². The zero-order chi connectivity index (χ0) is 27.3. The Morgan fingerprint density at radius 2 is 1.53 bits per heavy atom. The molecule has 194 valence electrons. The predicted molar refractivity (Wildman–Crippen MR) is 131 cm³/mol. The van der Waals surface area contributed by atoms with Gasteiger partial charge in [-0.1, -0.05) is 48.5 Å². The minimum absolute atomic E-state index is 0.103. The van der Waals surface area contributed by atoms with Gasteiger partial charge in [0.25, 0.3) is 5.91 Å². The summed E-state index contributed by atoms with van der Waals surface area (Å²) in [6, 6.07) is 20.3. The molecule has 38 heavy (non-hydrogen) atoms. The number of rotatable bonds is 7. The fourth-order valence-electron chi connectivity index (χ4n) is 3.51. The third-order valence-corrected chi connectivity index (χ3v) is 5.41. The van der Waals surface area contributed by atoms with Crippen LogP contribution < -0.4 is 10.5 Å². The lowest BCUT2D eigenvalue weighted by Gasteiger charge is -2.22. The summed E-state index contributed by atoms with van der Waals surface area (Å²) in [5.41, 5.74) is 6.45. The summed E-state index contributed by atoms with van der Waals surface area (Å²) in [7, 11) is 0. The van der Waals surface area contributed by atoms with Gasteiger partial charge < -0.3 is 15.3 Å². The molecule has 1 heterocycles. The zero-order valence-corrected chi connectivity index (χ0v) is 19.6. The number of alkyl halides is 3. The van der Waals surface area contributed by atoms with Crippen LogP contribution in [-0.2, 0) is 9.63 Å². The number of fused-ring (bicyclic) bond motifs is 1. The van der Waals surface area contributed by atoms with E-state index in [9.17, 15) is 27.6 Å². The number of ether oxygens (including phenoxy) is 1. The van der Waals surface area contributed by atoms with E-state index >= 15 is 0 Å². The Bertz CT molecular complexity index is 1480. The van der Waals surface area contributed by atoms with Crippen molar-refractivity contribution in [2.24, 2.45) is 0 Å². The second-order valence-corrected chi connectivity index (χ2v) is 7.98. The monoisotopic (exact) mass is 523 g/mol. The van der Waals surface area contributed by atoms with Crippen LogP contribution in [0.1, 0.15) is 26.3 Å². The standard InChI is InChI=1S/C27H20F3N3O5/c28-27(29,30)26(36)38-33(14-15-37-21-11-10-17-12-13-32-24(31)22(17)16-21)25(35)20-8-6-19(7-9-20)23(34)18-4-2-1-3-5-18/h1-13,16H,14-15H2,(H2,31,32). The number of anilines is 1. The van der Waals surface area contributed by atoms with E-state index in [1.54, 1.807) is 60.8 Å². The lowest BCUT2D eigenvalue weighted by Crippen LogP contribution is -2.40. The summed E-state index contributed by atoms with van der Waals surface area (Å²) in [5, 5.41) is 1.67. The molecular weight excluding hydrogens is 503 g/mol. The SMILES string of the molecule is Nc1nccc2ccc(OCCN(OC(=O)C(F)(F)F)C(=O)c3ccc(C(=O)c4ccccc4)cc3)cc12. The average Bonchev–Trinajstić information content (AvgIpc) is 2.92. The summed E-state index contributed by atoms with van der Waals surface area (Å²) >= 11 is 0. The molecule has 4 aromatic rings. The summed E-state index contributed by atoms with van der Waals surface area (Å²) in [6.45, 7) is -0.834. The molecule has 1 amide bonds. The number of amides is 1. The maximum atomic E-state index is 12.9. The number of nitrogens with two attached hydrogens (primary N) is 1. The highest BCUT2D eigenvalue weighted by Crippen LogP contribution is 2.24. The molecule has 4 rings (SSSR count). The molecule has 0 bridgehead atoms. The van der Waals surface area contributed by atoms with Crippen LogP contribution in [-0.4, -0.2) is 47.0 Å². The Morgan fingerprint density at radius 3 is 2.21 bits per heavy atom. The smallest absolute Gasteiger partial charge is 0.492 e. The van der Waals surface area contributed by atoms with Crippen molar-refractivity contribution in [1.82, 2.24) is 10.0 Å². The van der Waals surface area contributed by atoms with Gasteiger partial charge in [-0.15, -0.1) is 0 Å². The Morgan fingerprint density at radius 1 is 0.868 bits per heavy atom. The molecule has 0 unspecified atom stereocenters. The van der Waals surface area contributed by atoms with Crippen molar-refractivity contribution >= 4 is 34.3 Å². The molecule has 0 aliphatic rings. The Kier molecular flexibility index (Phi) is 7.56. The number of carbonyl (C=O) groups excluding carboxylic acids is 3. The van der Waals surface area contributed by atoms with Crippen LogP contribution in [0.4, 0.5) is 19.0 Å². The number of halogens is 3. The van der Waals surface area contributed by atoms with Gasteiger partial charge in [0.2, 0.25) is 0 Å². The first-order valence-electron chi connectivity index (χ1n) is 11.2. The van der Waals surface area contributed by atoms with Crippen molar-refractivity contribution in [3.05, 3.63) is 102 Å². The minimum Gasteiger partial charge on any atom is -0.492 e. The number of ketones is 1. The van der Waals surface area contributed by atoms with Crippen LogP contribution in [0.3, 0.4) is 0 Å². The number of hydrogen-bond acceptors (Lipinski definition) is 7. The van der Waals surface area contributed by atoms with Gasteiger partial charge in [-0.2, -0.15) is 18.2 Å². The molecule has 0 aliphatic carbocycles. The number of nitrogens with zero attached hydrogens (tertiary/aromatic N) is 2. The first kappa shape index (κ1) is 26.1. The third-order valence-electron chi connectivity index (χ3n) is 5.41. The van der Waals surface area contributed by atoms with E-state index in [4.69, 9.17) is 10.5 Å². The molecule has 0 radical (unpaired) electrons. The molecule has 0 fully saturated rings. The predicted octanol–water partition coefficient (Wildman–Crippen LogP) is 4.59. The molecule has 0 saturated carbocycles. The number of hydroxylamine groups is 2. The van der Waals surface area contributed by atoms with E-state index in [2.05, 4.69) is 9.82 Å². The van der Waals surface area contributed by atoms with Crippen LogP contribution in [0, 0.1) is 0 Å². The van der Waals surface area contributed by atoms with Crippen molar-refractivity contribution < 1.29 is 37.1 Å². The number of nitrogen functional groups attached to an aromatic ring is 1. The molecule has 0 spiro atoms. The molecule has 0 saturated heterocycles. The summed E-state index contributed by atoms with van der Waals surface area (Å²) in [5.74, 6) is -3.32. The first-order chi connectivity index (χ1) is 18.1. The molecule has 0 aliphatic heterocycles. The molecule has 0 atom stereocenters. The van der Waals surface area contributed by atoms with E-state index in [1.165, 1.54) is 24.3 Å². The van der Waals surface area contributed by atoms with Gasteiger partial charge >= 0.3 is 12.1 Å². The Labute approximate surface area is 214 Å². The van der Waals surface area contributed by atoms with Gasteiger partial charge in [0, 0.05) is 28.3 Å². The van der Waals surface area contributed by atoms with Crippen LogP contribution in [0.25, 0.3) is 10.8 Å². The molecule has 2 N–H and O–H groups in total. The number of hydrogen-bond donors (Lipinski definition) is 1. The molecule has 3 aromatic carbocycles. The third kappa shape index (κ3) is 6.06. The zero-order valence-electron chi connectivity index (χ0n) is 19.6. The highest BCUT2D eigenvalue weighted by molar-refractivity contribution is 6.09. The van der Waals surface area contributed by atoms with Crippen molar-refractivity contribution in [2.75, 3.05) is 18.9 Å². The number of aromatic nitrogens is 1. The van der Waals surface area contributed by atoms with Crippen molar-refractivity contribution in [1.29, 1.82) is 0 Å². The second kappa shape index (κ2) is 11.0. The van der Waals surface area contributed by atoms with Gasteiger partial charge in [-0.3, -0.25) is 9.59 Å². The van der Waals surface area contributed by atoms with Crippen molar-refractivity contribution in [2.45, 2.75) is 6.18 Å². The van der Waals surface area contributed by atoms with E-state index in [1.807, 2.05) is 0 Å². The Hall–Kier alpha value is -4.93. The largest absolute Gasteiger partial charge is 0.493 e. The van der Waals surface area contributed by atoms with E-state index in [0.717, 1.165) is 5.39 Å². The van der Waals surface area contributed by atoms with Crippen LogP contribution in [0.15, 0.2) is 85.1 Å².